The lowest BCUT2D eigenvalue weighted by atomic mass is 10.1. The van der Waals surface area contributed by atoms with Gasteiger partial charge in [0, 0.05) is 42.1 Å². The Labute approximate surface area is 241 Å². The van der Waals surface area contributed by atoms with Gasteiger partial charge in [0.05, 0.1) is 17.5 Å². The number of hydrogen-bond acceptors (Lipinski definition) is 8. The maximum Gasteiger partial charge on any atom is 0.356 e. The van der Waals surface area contributed by atoms with Gasteiger partial charge in [0.15, 0.2) is 9.84 Å². The highest BCUT2D eigenvalue weighted by atomic mass is 32.2. The van der Waals surface area contributed by atoms with Gasteiger partial charge in [0.25, 0.3) is 0 Å². The number of rotatable bonds is 2. The number of benzene rings is 2. The van der Waals surface area contributed by atoms with Crippen molar-refractivity contribution < 1.29 is 27.5 Å². The first-order valence-corrected chi connectivity index (χ1v) is 14.5. The van der Waals surface area contributed by atoms with Crippen molar-refractivity contribution in [2.24, 2.45) is 0 Å². The summed E-state index contributed by atoms with van der Waals surface area (Å²) < 4.78 is 32.7. The SMILES string of the molecule is CC(=O)OC(C)(C)C.COC(=O)c1ccc(C#Cc2ccccc2S(C)(=O)=O)cn1.Cc1cccc2cccnc12. The van der Waals surface area contributed by atoms with Crippen molar-refractivity contribution in [3.63, 3.8) is 0 Å². The van der Waals surface area contributed by atoms with Crippen molar-refractivity contribution in [1.82, 2.24) is 9.97 Å². The highest BCUT2D eigenvalue weighted by Gasteiger charge is 2.12. The van der Waals surface area contributed by atoms with Gasteiger partial charge in [-0.25, -0.2) is 18.2 Å². The molecule has 0 saturated heterocycles. The molecule has 0 atom stereocenters. The van der Waals surface area contributed by atoms with E-state index < -0.39 is 15.8 Å². The minimum Gasteiger partial charge on any atom is -0.464 e. The first-order valence-electron chi connectivity index (χ1n) is 12.6. The Kier molecular flexibility index (Phi) is 11.7. The van der Waals surface area contributed by atoms with E-state index in [1.807, 2.05) is 33.0 Å². The second-order valence-corrected chi connectivity index (χ2v) is 11.8. The molecule has 41 heavy (non-hydrogen) atoms. The van der Waals surface area contributed by atoms with Crippen molar-refractivity contribution in [2.45, 2.75) is 45.1 Å². The molecule has 0 fully saturated rings. The third-order valence-electron chi connectivity index (χ3n) is 5.07. The normalized spacial score (nSPS) is 10.5. The molecule has 0 aliphatic heterocycles. The van der Waals surface area contributed by atoms with Crippen LogP contribution in [0.3, 0.4) is 0 Å². The fourth-order valence-electron chi connectivity index (χ4n) is 3.41. The van der Waals surface area contributed by atoms with E-state index in [9.17, 15) is 18.0 Å². The summed E-state index contributed by atoms with van der Waals surface area (Å²) in [6.45, 7) is 9.01. The zero-order valence-corrected chi connectivity index (χ0v) is 25.1. The van der Waals surface area contributed by atoms with Crippen LogP contribution in [0.25, 0.3) is 10.9 Å². The van der Waals surface area contributed by atoms with Crippen LogP contribution in [-0.4, -0.2) is 49.3 Å². The first-order chi connectivity index (χ1) is 19.2. The zero-order chi connectivity index (χ0) is 30.6. The molecule has 4 rings (SSSR count). The number of esters is 2. The van der Waals surface area contributed by atoms with Gasteiger partial charge in [0.1, 0.15) is 11.3 Å². The smallest absolute Gasteiger partial charge is 0.356 e. The number of carbonyl (C=O) groups excluding carboxylic acids is 2. The molecular formula is C32H34N2O6S. The van der Waals surface area contributed by atoms with E-state index in [0.717, 1.165) is 11.8 Å². The third-order valence-corrected chi connectivity index (χ3v) is 6.23. The van der Waals surface area contributed by atoms with Crippen LogP contribution in [0.4, 0.5) is 0 Å². The molecule has 0 N–H and O–H groups in total. The van der Waals surface area contributed by atoms with E-state index in [2.05, 4.69) is 57.7 Å². The first kappa shape index (κ1) is 32.7. The van der Waals surface area contributed by atoms with Gasteiger partial charge in [-0.15, -0.1) is 0 Å². The molecule has 0 bridgehead atoms. The summed E-state index contributed by atoms with van der Waals surface area (Å²) in [6.07, 6.45) is 4.40. The van der Waals surface area contributed by atoms with Crippen molar-refractivity contribution in [3.05, 3.63) is 102 Å². The molecule has 2 aromatic carbocycles. The molecule has 214 valence electrons. The topological polar surface area (TPSA) is 113 Å². The Hall–Kier alpha value is -4.55. The molecule has 0 aliphatic carbocycles. The van der Waals surface area contributed by atoms with Crippen LogP contribution in [0, 0.1) is 18.8 Å². The number of aryl methyl sites for hydroxylation is 1. The van der Waals surface area contributed by atoms with Crippen LogP contribution >= 0.6 is 0 Å². The van der Waals surface area contributed by atoms with E-state index in [1.165, 1.54) is 43.3 Å². The minimum atomic E-state index is -3.34. The molecule has 9 heteroatoms. The number of nitrogens with zero attached hydrogens (tertiary/aromatic N) is 2. The van der Waals surface area contributed by atoms with Gasteiger partial charge in [-0.3, -0.25) is 9.78 Å². The average molecular weight is 575 g/mol. The Balaban J connectivity index is 0.000000255. The van der Waals surface area contributed by atoms with Gasteiger partial charge < -0.3 is 9.47 Å². The number of ether oxygens (including phenoxy) is 2. The molecule has 2 heterocycles. The number of carbonyl (C=O) groups is 2. The highest BCUT2D eigenvalue weighted by Crippen LogP contribution is 2.15. The van der Waals surface area contributed by atoms with Gasteiger partial charge in [-0.2, -0.15) is 0 Å². The Bertz CT molecular complexity index is 1660. The van der Waals surface area contributed by atoms with Crippen molar-refractivity contribution in [1.29, 1.82) is 0 Å². The summed E-state index contributed by atoms with van der Waals surface area (Å²) >= 11 is 0. The van der Waals surface area contributed by atoms with E-state index >= 15 is 0 Å². The number of fused-ring (bicyclic) bond motifs is 1. The highest BCUT2D eigenvalue weighted by molar-refractivity contribution is 7.90. The summed E-state index contributed by atoms with van der Waals surface area (Å²) in [6, 6.07) is 19.9. The summed E-state index contributed by atoms with van der Waals surface area (Å²) in [4.78, 5) is 29.9. The van der Waals surface area contributed by atoms with Crippen LogP contribution in [-0.2, 0) is 24.1 Å². The van der Waals surface area contributed by atoms with Gasteiger partial charge in [0.2, 0.25) is 0 Å². The Morgan fingerprint density at radius 1 is 0.878 bits per heavy atom. The molecule has 0 spiro atoms. The van der Waals surface area contributed by atoms with Crippen LogP contribution in [0.5, 0.6) is 0 Å². The average Bonchev–Trinajstić information content (AvgIpc) is 2.91. The van der Waals surface area contributed by atoms with Crippen molar-refractivity contribution in [3.8, 4) is 11.8 Å². The Morgan fingerprint density at radius 3 is 2.10 bits per heavy atom. The van der Waals surface area contributed by atoms with Crippen molar-refractivity contribution >= 4 is 32.7 Å². The molecule has 0 aliphatic rings. The fourth-order valence-corrected chi connectivity index (χ4v) is 4.26. The lowest BCUT2D eigenvalue weighted by molar-refractivity contribution is -0.151. The van der Waals surface area contributed by atoms with Crippen LogP contribution in [0.1, 0.15) is 54.9 Å². The monoisotopic (exact) mass is 574 g/mol. The van der Waals surface area contributed by atoms with Gasteiger partial charge in [-0.05, 0) is 63.6 Å². The molecule has 0 saturated carbocycles. The van der Waals surface area contributed by atoms with Gasteiger partial charge in [-0.1, -0.05) is 48.2 Å². The number of methoxy groups -OCH3 is 1. The molecule has 0 amide bonds. The number of hydrogen-bond donors (Lipinski definition) is 0. The van der Waals surface area contributed by atoms with E-state index in [0.29, 0.717) is 11.1 Å². The molecule has 0 unspecified atom stereocenters. The largest absolute Gasteiger partial charge is 0.464 e. The third kappa shape index (κ3) is 11.2. The standard InChI is InChI=1S/C16H13NO4S.C10H9N.C6H12O2/c1-21-16(18)14-10-8-12(11-17-14)7-9-13-5-3-4-6-15(13)22(2,19)20;1-8-4-2-5-9-6-3-7-11-10(8)9;1-5(7)8-6(2,3)4/h3-6,8,10-11H,1-2H3;2-7H,1H3;1-4H3. The quantitative estimate of drug-likeness (QED) is 0.226. The van der Waals surface area contributed by atoms with Crippen LogP contribution in [0.15, 0.2) is 84.0 Å². The predicted molar refractivity (Wildman–Crippen MR) is 159 cm³/mol. The number of pyridine rings is 2. The molecular weight excluding hydrogens is 540 g/mol. The number of para-hydroxylation sites is 1. The molecule has 0 radical (unpaired) electrons. The second-order valence-electron chi connectivity index (χ2n) is 9.80. The van der Waals surface area contributed by atoms with E-state index in [4.69, 9.17) is 4.74 Å². The van der Waals surface area contributed by atoms with Crippen LogP contribution < -0.4 is 0 Å². The van der Waals surface area contributed by atoms with Crippen LogP contribution in [0.2, 0.25) is 0 Å². The number of sulfone groups is 1. The summed E-state index contributed by atoms with van der Waals surface area (Å²) in [5.41, 5.74) is 3.19. The van der Waals surface area contributed by atoms with Crippen molar-refractivity contribution in [2.75, 3.05) is 13.4 Å². The minimum absolute atomic E-state index is 0.182. The maximum absolute atomic E-state index is 11.7. The summed E-state index contributed by atoms with van der Waals surface area (Å²) in [5.74, 6) is 4.89. The maximum atomic E-state index is 11.7. The molecule has 2 aromatic heterocycles. The number of aromatic nitrogens is 2. The van der Waals surface area contributed by atoms with E-state index in [-0.39, 0.29) is 22.2 Å². The molecule has 4 aromatic rings. The summed E-state index contributed by atoms with van der Waals surface area (Å²) in [7, 11) is -2.06. The second kappa shape index (κ2) is 14.7. The lowest BCUT2D eigenvalue weighted by Crippen LogP contribution is -2.21. The fraction of sp³-hybridized carbons (Fsp3) is 0.250. The summed E-state index contributed by atoms with van der Waals surface area (Å²) in [5, 5.41) is 1.22. The molecule has 8 nitrogen and oxygen atoms in total. The lowest BCUT2D eigenvalue weighted by Gasteiger charge is -2.17. The van der Waals surface area contributed by atoms with Gasteiger partial charge >= 0.3 is 11.9 Å². The Morgan fingerprint density at radius 2 is 1.56 bits per heavy atom. The zero-order valence-electron chi connectivity index (χ0n) is 24.3. The predicted octanol–water partition coefficient (Wildman–Crippen LogP) is 5.56. The van der Waals surface area contributed by atoms with E-state index in [1.54, 1.807) is 24.3 Å².